The number of nitrogens with zero attached hydrogens (tertiary/aromatic N) is 1. The number of anilines is 2. The highest BCUT2D eigenvalue weighted by Crippen LogP contribution is 2.33. The van der Waals surface area contributed by atoms with Crippen LogP contribution in [0.5, 0.6) is 11.5 Å². The molecule has 1 atom stereocenters. The van der Waals surface area contributed by atoms with Crippen molar-refractivity contribution >= 4 is 40.8 Å². The van der Waals surface area contributed by atoms with Crippen LogP contribution in [0.25, 0.3) is 0 Å². The van der Waals surface area contributed by atoms with E-state index in [0.29, 0.717) is 34.5 Å². The number of para-hydroxylation sites is 2. The zero-order chi connectivity index (χ0) is 22.4. The Hall–Kier alpha value is -3.26. The lowest BCUT2D eigenvalue weighted by Crippen LogP contribution is -2.28. The summed E-state index contributed by atoms with van der Waals surface area (Å²) in [5.41, 5.74) is 0.973. The fourth-order valence-electron chi connectivity index (χ4n) is 3.27. The SMILES string of the molecule is CCOc1ccccc1N1C[C@@H](C(=O)OCC(=O)Nc2cc(Cl)ccc2OC)CC1=O. The summed E-state index contributed by atoms with van der Waals surface area (Å²) in [5.74, 6) is -1.04. The maximum Gasteiger partial charge on any atom is 0.311 e. The van der Waals surface area contributed by atoms with Gasteiger partial charge in [0.15, 0.2) is 6.61 Å². The van der Waals surface area contributed by atoms with E-state index in [9.17, 15) is 14.4 Å². The number of benzene rings is 2. The Kier molecular flexibility index (Phi) is 7.36. The molecule has 0 spiro atoms. The van der Waals surface area contributed by atoms with E-state index in [0.717, 1.165) is 0 Å². The van der Waals surface area contributed by atoms with Gasteiger partial charge in [0.25, 0.3) is 5.91 Å². The monoisotopic (exact) mass is 446 g/mol. The molecule has 1 aliphatic rings. The fourth-order valence-corrected chi connectivity index (χ4v) is 3.45. The number of hydrogen-bond acceptors (Lipinski definition) is 6. The molecule has 31 heavy (non-hydrogen) atoms. The largest absolute Gasteiger partial charge is 0.495 e. The Morgan fingerprint density at radius 2 is 1.97 bits per heavy atom. The number of nitrogens with one attached hydrogen (secondary N) is 1. The number of amides is 2. The van der Waals surface area contributed by atoms with Crippen molar-refractivity contribution < 1.29 is 28.6 Å². The summed E-state index contributed by atoms with van der Waals surface area (Å²) < 4.78 is 15.9. The molecular formula is C22H23ClN2O6. The molecule has 164 valence electrons. The molecule has 1 fully saturated rings. The van der Waals surface area contributed by atoms with Gasteiger partial charge < -0.3 is 24.4 Å². The summed E-state index contributed by atoms with van der Waals surface area (Å²) in [5, 5.41) is 3.01. The van der Waals surface area contributed by atoms with E-state index in [4.69, 9.17) is 25.8 Å². The highest BCUT2D eigenvalue weighted by molar-refractivity contribution is 6.31. The molecule has 0 aliphatic carbocycles. The van der Waals surface area contributed by atoms with E-state index in [-0.39, 0.29) is 18.9 Å². The molecule has 0 saturated carbocycles. The van der Waals surface area contributed by atoms with E-state index in [2.05, 4.69) is 5.32 Å². The van der Waals surface area contributed by atoms with Gasteiger partial charge in [-0.25, -0.2) is 0 Å². The first-order valence-corrected chi connectivity index (χ1v) is 10.1. The smallest absolute Gasteiger partial charge is 0.311 e. The van der Waals surface area contributed by atoms with Crippen LogP contribution in [0.2, 0.25) is 5.02 Å². The van der Waals surface area contributed by atoms with Crippen LogP contribution in [0.15, 0.2) is 42.5 Å². The van der Waals surface area contributed by atoms with Crippen molar-refractivity contribution in [1.29, 1.82) is 0 Å². The Labute approximate surface area is 185 Å². The maximum atomic E-state index is 12.5. The predicted molar refractivity (Wildman–Crippen MR) is 116 cm³/mol. The number of halogens is 1. The van der Waals surface area contributed by atoms with E-state index in [1.165, 1.54) is 18.1 Å². The third kappa shape index (κ3) is 5.46. The van der Waals surface area contributed by atoms with Gasteiger partial charge >= 0.3 is 5.97 Å². The molecule has 1 N–H and O–H groups in total. The molecule has 0 bridgehead atoms. The van der Waals surface area contributed by atoms with Crippen LogP contribution >= 0.6 is 11.6 Å². The van der Waals surface area contributed by atoms with E-state index in [1.54, 1.807) is 30.3 Å². The number of rotatable bonds is 8. The zero-order valence-corrected chi connectivity index (χ0v) is 18.0. The second-order valence-corrected chi connectivity index (χ2v) is 7.24. The normalized spacial score (nSPS) is 15.5. The Bertz CT molecular complexity index is 980. The first-order valence-electron chi connectivity index (χ1n) is 9.75. The van der Waals surface area contributed by atoms with E-state index < -0.39 is 24.4 Å². The summed E-state index contributed by atoms with van der Waals surface area (Å²) in [4.78, 5) is 38.6. The minimum Gasteiger partial charge on any atom is -0.495 e. The van der Waals surface area contributed by atoms with Gasteiger partial charge in [0.2, 0.25) is 5.91 Å². The number of esters is 1. The molecule has 0 radical (unpaired) electrons. The van der Waals surface area contributed by atoms with Crippen LogP contribution in [0, 0.1) is 5.92 Å². The topological polar surface area (TPSA) is 94.2 Å². The summed E-state index contributed by atoms with van der Waals surface area (Å²) >= 11 is 5.94. The maximum absolute atomic E-state index is 12.5. The number of hydrogen-bond donors (Lipinski definition) is 1. The molecule has 2 aromatic rings. The average molecular weight is 447 g/mol. The van der Waals surface area contributed by atoms with Gasteiger partial charge in [-0.3, -0.25) is 14.4 Å². The molecule has 8 nitrogen and oxygen atoms in total. The van der Waals surface area contributed by atoms with Gasteiger partial charge in [-0.15, -0.1) is 0 Å². The first kappa shape index (κ1) is 22.4. The molecule has 1 saturated heterocycles. The van der Waals surface area contributed by atoms with Crippen molar-refractivity contribution in [3.63, 3.8) is 0 Å². The van der Waals surface area contributed by atoms with Crippen molar-refractivity contribution in [3.8, 4) is 11.5 Å². The summed E-state index contributed by atoms with van der Waals surface area (Å²) in [7, 11) is 1.46. The molecule has 3 rings (SSSR count). The minimum atomic E-state index is -0.671. The van der Waals surface area contributed by atoms with Crippen molar-refractivity contribution in [2.75, 3.05) is 37.1 Å². The summed E-state index contributed by atoms with van der Waals surface area (Å²) in [6.07, 6.45) is 0.00300. The van der Waals surface area contributed by atoms with Crippen molar-refractivity contribution in [3.05, 3.63) is 47.5 Å². The molecule has 2 aromatic carbocycles. The van der Waals surface area contributed by atoms with Gasteiger partial charge in [0.1, 0.15) is 11.5 Å². The highest BCUT2D eigenvalue weighted by atomic mass is 35.5. The van der Waals surface area contributed by atoms with E-state index >= 15 is 0 Å². The molecule has 1 aliphatic heterocycles. The Morgan fingerprint density at radius 3 is 2.71 bits per heavy atom. The van der Waals surface area contributed by atoms with E-state index in [1.807, 2.05) is 13.0 Å². The third-order valence-corrected chi connectivity index (χ3v) is 4.93. The van der Waals surface area contributed by atoms with Crippen molar-refractivity contribution in [2.45, 2.75) is 13.3 Å². The molecule has 2 amide bonds. The first-order chi connectivity index (χ1) is 14.9. The Balaban J connectivity index is 1.58. The van der Waals surface area contributed by atoms with Crippen LogP contribution in [0.4, 0.5) is 11.4 Å². The quantitative estimate of drug-likeness (QED) is 0.625. The van der Waals surface area contributed by atoms with Crippen LogP contribution in [-0.2, 0) is 19.1 Å². The van der Waals surface area contributed by atoms with Crippen LogP contribution in [0.1, 0.15) is 13.3 Å². The zero-order valence-electron chi connectivity index (χ0n) is 17.2. The molecule has 1 heterocycles. The number of methoxy groups -OCH3 is 1. The number of ether oxygens (including phenoxy) is 3. The van der Waals surface area contributed by atoms with Gasteiger partial charge in [-0.1, -0.05) is 23.7 Å². The Morgan fingerprint density at radius 1 is 1.19 bits per heavy atom. The predicted octanol–water partition coefficient (Wildman–Crippen LogP) is 3.28. The molecule has 0 aromatic heterocycles. The minimum absolute atomic E-state index is 0.00300. The van der Waals surface area contributed by atoms with Crippen LogP contribution in [-0.4, -0.2) is 44.7 Å². The third-order valence-electron chi connectivity index (χ3n) is 4.70. The lowest BCUT2D eigenvalue weighted by molar-refractivity contribution is -0.151. The molecule has 0 unspecified atom stereocenters. The number of carbonyl (C=O) groups is 3. The standard InChI is InChI=1S/C22H23ClN2O6/c1-3-30-19-7-5-4-6-17(19)25-12-14(10-21(25)27)22(28)31-13-20(26)24-16-11-15(23)8-9-18(16)29-2/h4-9,11,14H,3,10,12-13H2,1-2H3,(H,24,26)/t14-/m0/s1. The molecule has 9 heteroatoms. The lowest BCUT2D eigenvalue weighted by Gasteiger charge is -2.20. The highest BCUT2D eigenvalue weighted by Gasteiger charge is 2.37. The van der Waals surface area contributed by atoms with Gasteiger partial charge in [0, 0.05) is 18.0 Å². The van der Waals surface area contributed by atoms with Crippen LogP contribution in [0.3, 0.4) is 0 Å². The van der Waals surface area contributed by atoms with Crippen LogP contribution < -0.4 is 19.7 Å². The van der Waals surface area contributed by atoms with Gasteiger partial charge in [-0.2, -0.15) is 0 Å². The average Bonchev–Trinajstić information content (AvgIpc) is 3.14. The molecular weight excluding hydrogens is 424 g/mol. The second-order valence-electron chi connectivity index (χ2n) is 6.81. The van der Waals surface area contributed by atoms with Crippen molar-refractivity contribution in [1.82, 2.24) is 0 Å². The second kappa shape index (κ2) is 10.2. The number of carbonyl (C=O) groups excluding carboxylic acids is 3. The summed E-state index contributed by atoms with van der Waals surface area (Å²) in [6.45, 7) is 1.98. The van der Waals surface area contributed by atoms with Crippen molar-refractivity contribution in [2.24, 2.45) is 5.92 Å². The lowest BCUT2D eigenvalue weighted by atomic mass is 10.1. The summed E-state index contributed by atoms with van der Waals surface area (Å²) in [6, 6.07) is 11.9. The van der Waals surface area contributed by atoms with Gasteiger partial charge in [-0.05, 0) is 37.3 Å². The van der Waals surface area contributed by atoms with Gasteiger partial charge in [0.05, 0.1) is 31.0 Å². The fraction of sp³-hybridized carbons (Fsp3) is 0.318.